The normalized spacial score (nSPS) is 44.7. The molecule has 0 heterocycles. The highest BCUT2D eigenvalue weighted by atomic mass is 15.0. The average molecular weight is 249 g/mol. The van der Waals surface area contributed by atoms with Crippen molar-refractivity contribution in [3.05, 3.63) is 0 Å². The van der Waals surface area contributed by atoms with Crippen LogP contribution in [0.1, 0.15) is 72.6 Å². The molecule has 104 valence electrons. The molecular weight excluding hydrogens is 218 g/mol. The smallest absolute Gasteiger partial charge is 0.0129 e. The van der Waals surface area contributed by atoms with Gasteiger partial charge >= 0.3 is 0 Å². The number of nitrogens with one attached hydrogen (secondary N) is 1. The Kier molecular flexibility index (Phi) is 2.86. The maximum atomic E-state index is 3.99. The summed E-state index contributed by atoms with van der Waals surface area (Å²) in [6.07, 6.45) is 10.1. The molecule has 0 aromatic heterocycles. The van der Waals surface area contributed by atoms with Gasteiger partial charge in [-0.15, -0.1) is 0 Å². The molecule has 3 aliphatic rings. The van der Waals surface area contributed by atoms with Gasteiger partial charge in [0, 0.05) is 12.6 Å². The van der Waals surface area contributed by atoms with E-state index < -0.39 is 0 Å². The molecule has 1 nitrogen and oxygen atoms in total. The van der Waals surface area contributed by atoms with E-state index in [1.165, 1.54) is 51.5 Å². The van der Waals surface area contributed by atoms with Gasteiger partial charge in [0.25, 0.3) is 0 Å². The third-order valence-corrected chi connectivity index (χ3v) is 7.38. The predicted molar refractivity (Wildman–Crippen MR) is 77.6 cm³/mol. The van der Waals surface area contributed by atoms with Crippen LogP contribution in [0.2, 0.25) is 0 Å². The summed E-state index contributed by atoms with van der Waals surface area (Å²) < 4.78 is 0. The zero-order chi connectivity index (χ0) is 13.0. The minimum absolute atomic E-state index is 0.548. The minimum Gasteiger partial charge on any atom is -0.313 e. The van der Waals surface area contributed by atoms with Gasteiger partial charge in [-0.2, -0.15) is 0 Å². The van der Waals surface area contributed by atoms with Gasteiger partial charge in [-0.05, 0) is 54.3 Å². The van der Waals surface area contributed by atoms with Gasteiger partial charge in [-0.25, -0.2) is 0 Å². The summed E-state index contributed by atoms with van der Waals surface area (Å²) in [5.74, 6) is 0.969. The molecule has 3 atom stereocenters. The van der Waals surface area contributed by atoms with Crippen molar-refractivity contribution < 1.29 is 0 Å². The fourth-order valence-corrected chi connectivity index (χ4v) is 5.29. The van der Waals surface area contributed by atoms with E-state index >= 15 is 0 Å². The number of fused-ring (bicyclic) bond motifs is 2. The van der Waals surface area contributed by atoms with Crippen molar-refractivity contribution in [1.82, 2.24) is 5.32 Å². The first-order valence-corrected chi connectivity index (χ1v) is 8.11. The average Bonchev–Trinajstić information content (AvgIpc) is 2.88. The summed E-state index contributed by atoms with van der Waals surface area (Å²) in [5.41, 5.74) is 1.70. The summed E-state index contributed by atoms with van der Waals surface area (Å²) >= 11 is 0. The van der Waals surface area contributed by atoms with Gasteiger partial charge in [-0.3, -0.25) is 0 Å². The third kappa shape index (κ3) is 1.69. The number of rotatable bonds is 3. The van der Waals surface area contributed by atoms with Crippen LogP contribution in [-0.2, 0) is 0 Å². The van der Waals surface area contributed by atoms with Crippen LogP contribution in [0.4, 0.5) is 0 Å². The Morgan fingerprint density at radius 1 is 1.00 bits per heavy atom. The van der Waals surface area contributed by atoms with Crippen molar-refractivity contribution in [3.8, 4) is 0 Å². The second-order valence-corrected chi connectivity index (χ2v) is 8.56. The van der Waals surface area contributed by atoms with E-state index in [-0.39, 0.29) is 0 Å². The first-order chi connectivity index (χ1) is 8.37. The second kappa shape index (κ2) is 3.98. The molecule has 0 aromatic carbocycles. The molecule has 3 saturated carbocycles. The number of hydrogen-bond acceptors (Lipinski definition) is 1. The van der Waals surface area contributed by atoms with Crippen molar-refractivity contribution in [1.29, 1.82) is 0 Å². The molecule has 0 aliphatic heterocycles. The van der Waals surface area contributed by atoms with Gasteiger partial charge in [0.15, 0.2) is 0 Å². The van der Waals surface area contributed by atoms with E-state index in [4.69, 9.17) is 0 Å². The van der Waals surface area contributed by atoms with Gasteiger partial charge in [0.1, 0.15) is 0 Å². The molecule has 2 bridgehead atoms. The summed E-state index contributed by atoms with van der Waals surface area (Å²) in [5, 5.41) is 3.99. The lowest BCUT2D eigenvalue weighted by Crippen LogP contribution is -2.47. The Hall–Kier alpha value is -0.0400. The van der Waals surface area contributed by atoms with Crippen LogP contribution < -0.4 is 5.32 Å². The van der Waals surface area contributed by atoms with Gasteiger partial charge in [-0.1, -0.05) is 40.5 Å². The van der Waals surface area contributed by atoms with Gasteiger partial charge < -0.3 is 5.32 Å². The minimum atomic E-state index is 0.548. The fraction of sp³-hybridized carbons (Fsp3) is 1.00. The van der Waals surface area contributed by atoms with Crippen LogP contribution in [0.5, 0.6) is 0 Å². The van der Waals surface area contributed by atoms with Gasteiger partial charge in [0.2, 0.25) is 0 Å². The van der Waals surface area contributed by atoms with Crippen molar-refractivity contribution in [2.24, 2.45) is 22.2 Å². The molecule has 3 fully saturated rings. The van der Waals surface area contributed by atoms with Crippen molar-refractivity contribution in [3.63, 3.8) is 0 Å². The quantitative estimate of drug-likeness (QED) is 0.783. The number of hydrogen-bond donors (Lipinski definition) is 1. The van der Waals surface area contributed by atoms with Crippen LogP contribution in [0.15, 0.2) is 0 Å². The molecule has 1 N–H and O–H groups in total. The van der Waals surface area contributed by atoms with E-state index in [0.29, 0.717) is 16.2 Å². The van der Waals surface area contributed by atoms with E-state index in [2.05, 4.69) is 33.0 Å². The lowest BCUT2D eigenvalue weighted by molar-refractivity contribution is 0.114. The summed E-state index contributed by atoms with van der Waals surface area (Å²) in [4.78, 5) is 0. The molecule has 0 saturated heterocycles. The highest BCUT2D eigenvalue weighted by molar-refractivity contribution is 5.13. The third-order valence-electron chi connectivity index (χ3n) is 7.38. The molecule has 0 amide bonds. The van der Waals surface area contributed by atoms with Crippen molar-refractivity contribution in [2.45, 2.75) is 78.7 Å². The Labute approximate surface area is 113 Å². The standard InChI is InChI=1S/C17H31N/c1-15(2)13-7-10-17(15,4)14(11-13)18-12-16(3)8-5-6-9-16/h13-14,18H,5-12H2,1-4H3. The Morgan fingerprint density at radius 3 is 2.17 bits per heavy atom. The predicted octanol–water partition coefficient (Wildman–Crippen LogP) is 4.37. The van der Waals surface area contributed by atoms with Crippen LogP contribution in [0.3, 0.4) is 0 Å². The maximum Gasteiger partial charge on any atom is 0.0129 e. The summed E-state index contributed by atoms with van der Waals surface area (Å²) in [6.45, 7) is 11.3. The second-order valence-electron chi connectivity index (χ2n) is 8.56. The monoisotopic (exact) mass is 249 g/mol. The van der Waals surface area contributed by atoms with Crippen LogP contribution in [0, 0.1) is 22.2 Å². The molecule has 18 heavy (non-hydrogen) atoms. The van der Waals surface area contributed by atoms with Crippen LogP contribution in [0.25, 0.3) is 0 Å². The zero-order valence-electron chi connectivity index (χ0n) is 12.8. The first kappa shape index (κ1) is 13.0. The van der Waals surface area contributed by atoms with Crippen LogP contribution in [-0.4, -0.2) is 12.6 Å². The highest BCUT2D eigenvalue weighted by Crippen LogP contribution is 2.65. The molecule has 1 heteroatoms. The van der Waals surface area contributed by atoms with E-state index in [1.807, 2.05) is 0 Å². The van der Waals surface area contributed by atoms with E-state index in [1.54, 1.807) is 0 Å². The topological polar surface area (TPSA) is 12.0 Å². The molecular formula is C17H31N. The summed E-state index contributed by atoms with van der Waals surface area (Å²) in [7, 11) is 0. The lowest BCUT2D eigenvalue weighted by Gasteiger charge is -2.41. The molecule has 3 unspecified atom stereocenters. The molecule has 3 aliphatic carbocycles. The largest absolute Gasteiger partial charge is 0.313 e. The van der Waals surface area contributed by atoms with E-state index in [0.717, 1.165) is 12.0 Å². The lowest BCUT2D eigenvalue weighted by atomic mass is 9.69. The summed E-state index contributed by atoms with van der Waals surface area (Å²) in [6, 6.07) is 0.781. The van der Waals surface area contributed by atoms with Crippen LogP contribution >= 0.6 is 0 Å². The first-order valence-electron chi connectivity index (χ1n) is 8.11. The maximum absolute atomic E-state index is 3.99. The fourth-order valence-electron chi connectivity index (χ4n) is 5.29. The van der Waals surface area contributed by atoms with Crippen molar-refractivity contribution >= 4 is 0 Å². The van der Waals surface area contributed by atoms with Crippen molar-refractivity contribution in [2.75, 3.05) is 6.54 Å². The highest BCUT2D eigenvalue weighted by Gasteiger charge is 2.61. The molecule has 0 radical (unpaired) electrons. The SMILES string of the molecule is CC1(CNC2CC3CCC2(C)C3(C)C)CCCC1. The van der Waals surface area contributed by atoms with E-state index in [9.17, 15) is 0 Å². The zero-order valence-corrected chi connectivity index (χ0v) is 12.8. The Balaban J connectivity index is 1.65. The Morgan fingerprint density at radius 2 is 1.67 bits per heavy atom. The van der Waals surface area contributed by atoms with Gasteiger partial charge in [0.05, 0.1) is 0 Å². The molecule has 3 rings (SSSR count). The Bertz CT molecular complexity index is 327. The molecule has 0 aromatic rings. The molecule has 0 spiro atoms.